The van der Waals surface area contributed by atoms with E-state index in [-0.39, 0.29) is 6.61 Å². The molecule has 0 N–H and O–H groups in total. The van der Waals surface area contributed by atoms with Crippen LogP contribution in [-0.4, -0.2) is 15.0 Å². The quantitative estimate of drug-likeness (QED) is 0.511. The second kappa shape index (κ2) is 8.02. The van der Waals surface area contributed by atoms with Crippen molar-refractivity contribution < 1.29 is 16.8 Å². The molecule has 0 aliphatic heterocycles. The lowest BCUT2D eigenvalue weighted by Gasteiger charge is -2.10. The zero-order valence-electron chi connectivity index (χ0n) is 14.5. The predicted molar refractivity (Wildman–Crippen MR) is 98.9 cm³/mol. The third-order valence-electron chi connectivity index (χ3n) is 4.48. The Kier molecular flexibility index (Phi) is 5.76. The SMILES string of the molecule is CCCCCCCOS(=O)(=O)Oc1cccc2c1Cc1ccccc1-2. The summed E-state index contributed by atoms with van der Waals surface area (Å²) in [5.41, 5.74) is 4.25. The standard InChI is InChI=1S/C20H24O4S/c1-2-3-4-5-8-14-23-25(21,22)24-20-13-9-12-18-17-11-7-6-10-16(17)15-19(18)20/h6-7,9-13H,2-5,8,14-15H2,1H3. The molecule has 0 spiro atoms. The molecule has 25 heavy (non-hydrogen) atoms. The monoisotopic (exact) mass is 360 g/mol. The molecule has 5 heteroatoms. The number of rotatable bonds is 9. The van der Waals surface area contributed by atoms with Crippen LogP contribution < -0.4 is 4.18 Å². The fourth-order valence-corrected chi connectivity index (χ4v) is 3.95. The van der Waals surface area contributed by atoms with Crippen molar-refractivity contribution >= 4 is 10.4 Å². The summed E-state index contributed by atoms with van der Waals surface area (Å²) in [6.45, 7) is 2.31. The van der Waals surface area contributed by atoms with Gasteiger partial charge in [-0.2, -0.15) is 8.42 Å². The molecular formula is C20H24O4S. The first-order valence-corrected chi connectivity index (χ1v) is 10.2. The highest BCUT2D eigenvalue weighted by molar-refractivity contribution is 7.82. The molecule has 1 aliphatic rings. The van der Waals surface area contributed by atoms with Gasteiger partial charge in [0.25, 0.3) is 0 Å². The molecule has 0 unspecified atom stereocenters. The highest BCUT2D eigenvalue weighted by atomic mass is 32.3. The summed E-state index contributed by atoms with van der Waals surface area (Å²) in [6.07, 6.45) is 5.80. The third kappa shape index (κ3) is 4.41. The molecule has 4 nitrogen and oxygen atoms in total. The van der Waals surface area contributed by atoms with E-state index in [2.05, 4.69) is 13.0 Å². The van der Waals surface area contributed by atoms with E-state index in [1.54, 1.807) is 6.07 Å². The van der Waals surface area contributed by atoms with Crippen LogP contribution in [0.4, 0.5) is 0 Å². The maximum Gasteiger partial charge on any atom is 0.449 e. The van der Waals surface area contributed by atoms with E-state index in [1.807, 2.05) is 30.3 Å². The number of hydrogen-bond acceptors (Lipinski definition) is 4. The summed E-state index contributed by atoms with van der Waals surface area (Å²) in [4.78, 5) is 0. The molecule has 0 saturated heterocycles. The minimum Gasteiger partial charge on any atom is -0.361 e. The topological polar surface area (TPSA) is 52.6 Å². The van der Waals surface area contributed by atoms with E-state index in [4.69, 9.17) is 8.37 Å². The van der Waals surface area contributed by atoms with Crippen LogP contribution in [-0.2, 0) is 21.0 Å². The van der Waals surface area contributed by atoms with Crippen molar-refractivity contribution in [2.45, 2.75) is 45.4 Å². The van der Waals surface area contributed by atoms with Gasteiger partial charge in [0, 0.05) is 12.0 Å². The summed E-state index contributed by atoms with van der Waals surface area (Å²) in [5, 5.41) is 0. The molecule has 0 heterocycles. The first kappa shape index (κ1) is 18.0. The molecule has 0 aromatic heterocycles. The normalized spacial score (nSPS) is 12.7. The second-order valence-electron chi connectivity index (χ2n) is 6.34. The van der Waals surface area contributed by atoms with Crippen molar-refractivity contribution in [1.29, 1.82) is 0 Å². The van der Waals surface area contributed by atoms with Crippen LogP contribution in [0.1, 0.15) is 50.2 Å². The van der Waals surface area contributed by atoms with Gasteiger partial charge in [-0.3, -0.25) is 0 Å². The molecule has 134 valence electrons. The average molecular weight is 360 g/mol. The highest BCUT2D eigenvalue weighted by Crippen LogP contribution is 2.41. The molecule has 0 saturated carbocycles. The largest absolute Gasteiger partial charge is 0.449 e. The molecule has 1 aliphatic carbocycles. The van der Waals surface area contributed by atoms with E-state index in [9.17, 15) is 8.42 Å². The van der Waals surface area contributed by atoms with Gasteiger partial charge < -0.3 is 4.18 Å². The molecule has 0 radical (unpaired) electrons. The molecule has 0 atom stereocenters. The van der Waals surface area contributed by atoms with Crippen molar-refractivity contribution in [2.75, 3.05) is 6.61 Å². The van der Waals surface area contributed by atoms with Gasteiger partial charge >= 0.3 is 10.4 Å². The Labute approximate surface area is 150 Å². The minimum absolute atomic E-state index is 0.168. The van der Waals surface area contributed by atoms with Crippen LogP contribution in [0.5, 0.6) is 5.75 Å². The lowest BCUT2D eigenvalue weighted by atomic mass is 10.1. The first-order valence-electron chi connectivity index (χ1n) is 8.90. The maximum atomic E-state index is 12.1. The molecular weight excluding hydrogens is 336 g/mol. The van der Waals surface area contributed by atoms with Crippen LogP contribution in [0.2, 0.25) is 0 Å². The Morgan fingerprint density at radius 3 is 2.52 bits per heavy atom. The van der Waals surface area contributed by atoms with Crippen molar-refractivity contribution in [2.24, 2.45) is 0 Å². The summed E-state index contributed by atoms with van der Waals surface area (Å²) in [6, 6.07) is 13.6. The number of unbranched alkanes of at least 4 members (excludes halogenated alkanes) is 4. The molecule has 2 aromatic carbocycles. The molecule has 3 rings (SSSR count). The van der Waals surface area contributed by atoms with Crippen molar-refractivity contribution in [3.8, 4) is 16.9 Å². The van der Waals surface area contributed by atoms with Gasteiger partial charge in [-0.25, -0.2) is 4.18 Å². The van der Waals surface area contributed by atoms with Crippen molar-refractivity contribution in [3.05, 3.63) is 53.6 Å². The number of benzene rings is 2. The summed E-state index contributed by atoms with van der Waals surface area (Å²) >= 11 is 0. The van der Waals surface area contributed by atoms with Gasteiger partial charge in [0.15, 0.2) is 0 Å². The first-order chi connectivity index (χ1) is 12.1. The predicted octanol–water partition coefficient (Wildman–Crippen LogP) is 4.87. The van der Waals surface area contributed by atoms with Gasteiger partial charge in [0.1, 0.15) is 5.75 Å². The Balaban J connectivity index is 1.64. The van der Waals surface area contributed by atoms with Gasteiger partial charge in [-0.05, 0) is 29.2 Å². The number of fused-ring (bicyclic) bond motifs is 3. The van der Waals surface area contributed by atoms with Crippen LogP contribution in [0, 0.1) is 0 Å². The molecule has 0 amide bonds. The lowest BCUT2D eigenvalue weighted by molar-refractivity contribution is 0.265. The zero-order valence-corrected chi connectivity index (χ0v) is 15.3. The Morgan fingerprint density at radius 2 is 1.68 bits per heavy atom. The van der Waals surface area contributed by atoms with E-state index in [0.29, 0.717) is 12.2 Å². The maximum absolute atomic E-state index is 12.1. The Hall–Kier alpha value is -1.85. The van der Waals surface area contributed by atoms with E-state index in [0.717, 1.165) is 42.4 Å². The van der Waals surface area contributed by atoms with E-state index < -0.39 is 10.4 Å². The Bertz CT molecular complexity index is 827. The van der Waals surface area contributed by atoms with Crippen molar-refractivity contribution in [3.63, 3.8) is 0 Å². The van der Waals surface area contributed by atoms with E-state index >= 15 is 0 Å². The molecule has 0 bridgehead atoms. The lowest BCUT2D eigenvalue weighted by Crippen LogP contribution is -2.15. The van der Waals surface area contributed by atoms with Crippen LogP contribution in [0.3, 0.4) is 0 Å². The van der Waals surface area contributed by atoms with Gasteiger partial charge in [0.2, 0.25) is 0 Å². The van der Waals surface area contributed by atoms with Gasteiger partial charge in [-0.15, -0.1) is 0 Å². The Morgan fingerprint density at radius 1 is 0.920 bits per heavy atom. The fraction of sp³-hybridized carbons (Fsp3) is 0.400. The molecule has 0 fully saturated rings. The smallest absolute Gasteiger partial charge is 0.361 e. The zero-order chi connectivity index (χ0) is 17.7. The van der Waals surface area contributed by atoms with Crippen molar-refractivity contribution in [1.82, 2.24) is 0 Å². The molecule has 2 aromatic rings. The van der Waals surface area contributed by atoms with Gasteiger partial charge in [-0.1, -0.05) is 69.0 Å². The third-order valence-corrected chi connectivity index (χ3v) is 5.31. The average Bonchev–Trinajstić information content (AvgIpc) is 2.98. The summed E-state index contributed by atoms with van der Waals surface area (Å²) < 4.78 is 34.5. The fourth-order valence-electron chi connectivity index (χ4n) is 3.21. The van der Waals surface area contributed by atoms with E-state index in [1.165, 1.54) is 12.0 Å². The second-order valence-corrected chi connectivity index (χ2v) is 7.56. The van der Waals surface area contributed by atoms with Gasteiger partial charge in [0.05, 0.1) is 6.61 Å². The summed E-state index contributed by atoms with van der Waals surface area (Å²) in [5.74, 6) is 0.361. The summed E-state index contributed by atoms with van der Waals surface area (Å²) in [7, 11) is -4.04. The van der Waals surface area contributed by atoms with Crippen LogP contribution in [0.15, 0.2) is 42.5 Å². The van der Waals surface area contributed by atoms with Crippen LogP contribution in [0.25, 0.3) is 11.1 Å². The highest BCUT2D eigenvalue weighted by Gasteiger charge is 2.24. The minimum atomic E-state index is -4.04. The van der Waals surface area contributed by atoms with Crippen LogP contribution >= 0.6 is 0 Å². The number of hydrogen-bond donors (Lipinski definition) is 0.